The predicted octanol–water partition coefficient (Wildman–Crippen LogP) is 4.58. The molecule has 1 aromatic heterocycles. The fourth-order valence-electron chi connectivity index (χ4n) is 2.04. The lowest BCUT2D eigenvalue weighted by Crippen LogP contribution is -2.05. The molecule has 0 saturated heterocycles. The minimum Gasteiger partial charge on any atom is -0.513 e. The molecule has 0 unspecified atom stereocenters. The van der Waals surface area contributed by atoms with E-state index in [1.54, 1.807) is 24.4 Å². The van der Waals surface area contributed by atoms with Crippen molar-refractivity contribution in [3.8, 4) is 0 Å². The van der Waals surface area contributed by atoms with Gasteiger partial charge in [-0.2, -0.15) is 4.98 Å². The van der Waals surface area contributed by atoms with Gasteiger partial charge in [-0.1, -0.05) is 19.1 Å². The number of rotatable bonds is 6. The second-order valence-electron chi connectivity index (χ2n) is 5.61. The van der Waals surface area contributed by atoms with Crippen molar-refractivity contribution < 1.29 is 5.11 Å². The van der Waals surface area contributed by atoms with Crippen LogP contribution < -0.4 is 16.8 Å². The number of nitrogens with two attached hydrogens (primary N) is 2. The lowest BCUT2D eigenvalue weighted by atomic mass is 10.0. The maximum Gasteiger partial charge on any atom is 0.221 e. The molecule has 1 aromatic carbocycles. The summed E-state index contributed by atoms with van der Waals surface area (Å²) in [6.07, 6.45) is 8.40. The average molecular weight is 368 g/mol. The fourth-order valence-corrected chi connectivity index (χ4v) is 2.04. The summed E-state index contributed by atoms with van der Waals surface area (Å²) in [6.45, 7) is 5.66. The first kappa shape index (κ1) is 21.7. The molecule has 7 heteroatoms. The van der Waals surface area contributed by atoms with E-state index in [2.05, 4.69) is 15.3 Å². The number of hydrogen-bond acceptors (Lipinski definition) is 7. The van der Waals surface area contributed by atoms with Crippen LogP contribution in [0.15, 0.2) is 54.4 Å². The van der Waals surface area contributed by atoms with Gasteiger partial charge in [-0.25, -0.2) is 4.98 Å². The number of benzene rings is 1. The first-order chi connectivity index (χ1) is 12.9. The van der Waals surface area contributed by atoms with E-state index >= 15 is 0 Å². The van der Waals surface area contributed by atoms with Crippen LogP contribution in [-0.2, 0) is 0 Å². The first-order valence-electron chi connectivity index (χ1n) is 8.69. The van der Waals surface area contributed by atoms with E-state index in [4.69, 9.17) is 22.0 Å². The molecule has 0 amide bonds. The van der Waals surface area contributed by atoms with Gasteiger partial charge in [0.05, 0.1) is 5.76 Å². The highest BCUT2D eigenvalue weighted by Crippen LogP contribution is 2.22. The number of nitrogens with zero attached hydrogens (tertiary/aromatic N) is 2. The number of allylic oxidation sites excluding steroid dienone is 4. The second kappa shape index (κ2) is 11.3. The molecule has 1 heterocycles. The van der Waals surface area contributed by atoms with E-state index in [0.29, 0.717) is 35.0 Å². The molecule has 7 nitrogen and oxygen atoms in total. The molecule has 0 fully saturated rings. The number of nitrogens with one attached hydrogen (secondary N) is 2. The van der Waals surface area contributed by atoms with Gasteiger partial charge in [0.2, 0.25) is 5.95 Å². The molecule has 0 aliphatic rings. The average Bonchev–Trinajstić information content (AvgIpc) is 2.67. The molecule has 7 N–H and O–H groups in total. The largest absolute Gasteiger partial charge is 0.513 e. The Bertz CT molecular complexity index is 814. The smallest absolute Gasteiger partial charge is 0.221 e. The molecule has 0 radical (unpaired) electrons. The van der Waals surface area contributed by atoms with E-state index in [1.165, 1.54) is 0 Å². The maximum atomic E-state index is 8.53. The molecular formula is C20H28N6O. The predicted molar refractivity (Wildman–Crippen MR) is 114 cm³/mol. The number of aromatic nitrogens is 2. The zero-order chi connectivity index (χ0) is 20.2. The summed E-state index contributed by atoms with van der Waals surface area (Å²) in [4.78, 5) is 7.91. The molecular weight excluding hydrogens is 340 g/mol. The summed E-state index contributed by atoms with van der Waals surface area (Å²) in [7, 11) is 0. The number of hydrogen-bond donors (Lipinski definition) is 5. The summed E-state index contributed by atoms with van der Waals surface area (Å²) in [5.74, 6) is 1.27. The van der Waals surface area contributed by atoms with Crippen molar-refractivity contribution in [3.05, 3.63) is 60.0 Å². The monoisotopic (exact) mass is 368 g/mol. The summed E-state index contributed by atoms with van der Waals surface area (Å²) in [5.41, 5.74) is 14.0. The van der Waals surface area contributed by atoms with Crippen LogP contribution in [0.2, 0.25) is 0 Å². The molecule has 2 rings (SSSR count). The summed E-state index contributed by atoms with van der Waals surface area (Å²) in [5, 5.41) is 19.7. The van der Waals surface area contributed by atoms with Gasteiger partial charge < -0.3 is 27.3 Å². The van der Waals surface area contributed by atoms with Crippen molar-refractivity contribution in [1.29, 1.82) is 5.41 Å². The molecule has 27 heavy (non-hydrogen) atoms. The molecule has 0 atom stereocenters. The Hall–Kier alpha value is -3.35. The highest BCUT2D eigenvalue weighted by molar-refractivity contribution is 6.04. The minimum atomic E-state index is 0.205. The Morgan fingerprint density at radius 3 is 2.56 bits per heavy atom. The van der Waals surface area contributed by atoms with Crippen LogP contribution in [0.1, 0.15) is 39.2 Å². The van der Waals surface area contributed by atoms with Crippen LogP contribution in [0.5, 0.6) is 0 Å². The van der Waals surface area contributed by atoms with Crippen LogP contribution in [0.3, 0.4) is 0 Å². The van der Waals surface area contributed by atoms with Crippen LogP contribution in [0.4, 0.5) is 23.1 Å². The number of aliphatic hydroxyl groups excluding tert-OH is 1. The molecule has 0 aliphatic carbocycles. The third kappa shape index (κ3) is 7.60. The Morgan fingerprint density at radius 2 is 2.00 bits per heavy atom. The number of aliphatic hydroxyl groups is 1. The van der Waals surface area contributed by atoms with E-state index < -0.39 is 0 Å². The quantitative estimate of drug-likeness (QED) is 0.219. The van der Waals surface area contributed by atoms with Crippen molar-refractivity contribution in [2.24, 2.45) is 0 Å². The lowest BCUT2D eigenvalue weighted by molar-refractivity contribution is 0.393. The van der Waals surface area contributed by atoms with Crippen molar-refractivity contribution in [3.63, 3.8) is 0 Å². The minimum absolute atomic E-state index is 0.205. The third-order valence-corrected chi connectivity index (χ3v) is 3.58. The van der Waals surface area contributed by atoms with Crippen molar-refractivity contribution >= 4 is 28.9 Å². The van der Waals surface area contributed by atoms with Crippen LogP contribution in [-0.4, -0.2) is 20.8 Å². The van der Waals surface area contributed by atoms with Crippen molar-refractivity contribution in [1.82, 2.24) is 9.97 Å². The zero-order valence-corrected chi connectivity index (χ0v) is 16.0. The standard InChI is InChI=1S/C15H18N6.C5H10O/c1-2-3-4-12(16)11-9-10(5-6-13(11)17)20-14-7-8-19-15(18)21-14;1-3-5(6)4-2/h2-3,5-9,16H,4,17H2,1H3,(H3,18,19,20,21);3,6H,4H2,1-2H3/b3-2-,16-12?;5-3+. The molecule has 2 aromatic rings. The lowest BCUT2D eigenvalue weighted by Gasteiger charge is -2.10. The Kier molecular flexibility index (Phi) is 9.08. The van der Waals surface area contributed by atoms with E-state index in [9.17, 15) is 0 Å². The fraction of sp³-hybridized carbons (Fsp3) is 0.250. The van der Waals surface area contributed by atoms with Gasteiger partial charge in [0.15, 0.2) is 0 Å². The van der Waals surface area contributed by atoms with Gasteiger partial charge in [-0.05, 0) is 44.2 Å². The molecule has 0 spiro atoms. The van der Waals surface area contributed by atoms with E-state index in [-0.39, 0.29) is 5.95 Å². The van der Waals surface area contributed by atoms with E-state index in [0.717, 1.165) is 12.1 Å². The molecule has 0 aliphatic heterocycles. The second-order valence-corrected chi connectivity index (χ2v) is 5.61. The Morgan fingerprint density at radius 1 is 1.26 bits per heavy atom. The van der Waals surface area contributed by atoms with Crippen molar-refractivity contribution in [2.45, 2.75) is 33.6 Å². The first-order valence-corrected chi connectivity index (χ1v) is 8.69. The van der Waals surface area contributed by atoms with Gasteiger partial charge in [0.1, 0.15) is 5.82 Å². The zero-order valence-electron chi connectivity index (χ0n) is 16.0. The maximum absolute atomic E-state index is 8.53. The van der Waals surface area contributed by atoms with Crippen LogP contribution >= 0.6 is 0 Å². The Balaban J connectivity index is 0.000000527. The van der Waals surface area contributed by atoms with Gasteiger partial charge in [0, 0.05) is 41.7 Å². The van der Waals surface area contributed by atoms with Gasteiger partial charge in [-0.3, -0.25) is 0 Å². The number of nitrogen functional groups attached to an aromatic ring is 2. The third-order valence-electron chi connectivity index (χ3n) is 3.58. The summed E-state index contributed by atoms with van der Waals surface area (Å²) >= 11 is 0. The summed E-state index contributed by atoms with van der Waals surface area (Å²) in [6, 6.07) is 7.16. The van der Waals surface area contributed by atoms with Crippen molar-refractivity contribution in [2.75, 3.05) is 16.8 Å². The van der Waals surface area contributed by atoms with E-state index in [1.807, 2.05) is 45.1 Å². The van der Waals surface area contributed by atoms with Crippen LogP contribution in [0.25, 0.3) is 0 Å². The topological polar surface area (TPSA) is 134 Å². The van der Waals surface area contributed by atoms with Gasteiger partial charge >= 0.3 is 0 Å². The highest BCUT2D eigenvalue weighted by atomic mass is 16.3. The van der Waals surface area contributed by atoms with Gasteiger partial charge in [-0.15, -0.1) is 0 Å². The number of anilines is 4. The normalized spacial score (nSPS) is 11.0. The molecule has 0 saturated carbocycles. The Labute approximate surface area is 160 Å². The molecule has 0 bridgehead atoms. The summed E-state index contributed by atoms with van der Waals surface area (Å²) < 4.78 is 0. The SMILES string of the molecule is C/C=C(/O)CC.C/C=C\CC(=N)c1cc(Nc2ccnc(N)n2)ccc1N. The molecule has 144 valence electrons. The highest BCUT2D eigenvalue weighted by Gasteiger charge is 2.07. The van der Waals surface area contributed by atoms with Gasteiger partial charge in [0.25, 0.3) is 0 Å². The van der Waals surface area contributed by atoms with Crippen LogP contribution in [0, 0.1) is 5.41 Å².